The highest BCUT2D eigenvalue weighted by Gasteiger charge is 2.40. The number of ether oxygens (including phenoxy) is 1. The van der Waals surface area contributed by atoms with Crippen molar-refractivity contribution in [1.29, 1.82) is 0 Å². The number of hydrogen-bond acceptors (Lipinski definition) is 4. The summed E-state index contributed by atoms with van der Waals surface area (Å²) in [7, 11) is -1.44. The van der Waals surface area contributed by atoms with Crippen molar-refractivity contribution in [3.63, 3.8) is 0 Å². The van der Waals surface area contributed by atoms with Crippen molar-refractivity contribution in [2.24, 2.45) is 4.99 Å². The van der Waals surface area contributed by atoms with Gasteiger partial charge in [0.15, 0.2) is 27.4 Å². The molecule has 1 aromatic rings. The molecule has 0 bridgehead atoms. The Morgan fingerprint density at radius 3 is 2.75 bits per heavy atom. The van der Waals surface area contributed by atoms with Crippen molar-refractivity contribution < 1.29 is 17.5 Å². The topological polar surface area (TPSA) is 71.0 Å². The fraction of sp³-hybridized carbons (Fsp3) is 0.562. The minimum absolute atomic E-state index is 0.104. The van der Waals surface area contributed by atoms with Gasteiger partial charge in [0.05, 0.1) is 17.0 Å². The number of guanidine groups is 1. The number of rotatable bonds is 4. The third-order valence-corrected chi connectivity index (χ3v) is 6.57. The maximum Gasteiger partial charge on any atom is 0.193 e. The molecule has 1 heterocycles. The van der Waals surface area contributed by atoms with Crippen LogP contribution in [0.25, 0.3) is 0 Å². The van der Waals surface area contributed by atoms with Crippen LogP contribution in [0.4, 0.5) is 4.39 Å². The van der Waals surface area contributed by atoms with E-state index in [0.29, 0.717) is 25.6 Å². The first-order valence-electron chi connectivity index (χ1n) is 7.82. The van der Waals surface area contributed by atoms with Crippen LogP contribution in [0.2, 0.25) is 0 Å². The molecular weight excluding hydrogens is 333 g/mol. The molecule has 0 saturated carbocycles. The van der Waals surface area contributed by atoms with E-state index in [2.05, 4.69) is 10.3 Å². The third-order valence-electron chi connectivity index (χ3n) is 4.03. The number of halogens is 1. The van der Waals surface area contributed by atoms with Gasteiger partial charge >= 0.3 is 0 Å². The normalized spacial score (nSPS) is 19.8. The van der Waals surface area contributed by atoms with Gasteiger partial charge in [0.1, 0.15) is 6.61 Å². The van der Waals surface area contributed by atoms with Crippen molar-refractivity contribution in [2.45, 2.75) is 18.6 Å². The average molecular weight is 357 g/mol. The summed E-state index contributed by atoms with van der Waals surface area (Å²) in [5, 5.41) is 3.13. The first kappa shape index (κ1) is 18.5. The molecule has 0 amide bonds. The predicted octanol–water partition coefficient (Wildman–Crippen LogP) is 1.29. The lowest BCUT2D eigenvalue weighted by Gasteiger charge is -2.39. The zero-order chi connectivity index (χ0) is 17.8. The predicted molar refractivity (Wildman–Crippen MR) is 92.7 cm³/mol. The van der Waals surface area contributed by atoms with Gasteiger partial charge in [-0.05, 0) is 26.0 Å². The molecule has 0 atom stereocenters. The minimum Gasteiger partial charge on any atom is -0.489 e. The molecule has 0 radical (unpaired) electrons. The number of nitrogens with zero attached hydrogens (tertiary/aromatic N) is 2. The molecule has 6 nitrogen and oxygen atoms in total. The molecular formula is C16H24FN3O3S. The Morgan fingerprint density at radius 1 is 1.42 bits per heavy atom. The average Bonchev–Trinajstić information content (AvgIpc) is 2.52. The summed E-state index contributed by atoms with van der Waals surface area (Å²) in [5.74, 6) is 0.534. The number of benzene rings is 1. The molecule has 1 saturated heterocycles. The summed E-state index contributed by atoms with van der Waals surface area (Å²) in [4.78, 5) is 6.11. The van der Waals surface area contributed by atoms with E-state index in [1.165, 1.54) is 6.07 Å². The monoisotopic (exact) mass is 357 g/mol. The van der Waals surface area contributed by atoms with E-state index in [4.69, 9.17) is 4.74 Å². The summed E-state index contributed by atoms with van der Waals surface area (Å²) >= 11 is 0. The van der Waals surface area contributed by atoms with Crippen LogP contribution in [0, 0.1) is 5.82 Å². The van der Waals surface area contributed by atoms with Crippen molar-refractivity contribution in [3.8, 4) is 5.75 Å². The highest BCUT2D eigenvalue weighted by molar-refractivity contribution is 7.92. The summed E-state index contributed by atoms with van der Waals surface area (Å²) < 4.78 is 42.2. The van der Waals surface area contributed by atoms with Crippen LogP contribution in [-0.4, -0.2) is 63.1 Å². The molecule has 1 N–H and O–H groups in total. The molecule has 134 valence electrons. The quantitative estimate of drug-likeness (QED) is 0.499. The van der Waals surface area contributed by atoms with E-state index >= 15 is 0 Å². The van der Waals surface area contributed by atoms with Gasteiger partial charge in [-0.3, -0.25) is 4.99 Å². The maximum absolute atomic E-state index is 13.5. The molecule has 1 fully saturated rings. The van der Waals surface area contributed by atoms with Gasteiger partial charge < -0.3 is 15.0 Å². The van der Waals surface area contributed by atoms with Gasteiger partial charge in [0.2, 0.25) is 0 Å². The lowest BCUT2D eigenvalue weighted by atomic mass is 10.2. The third kappa shape index (κ3) is 4.17. The van der Waals surface area contributed by atoms with Crippen molar-refractivity contribution >= 4 is 15.8 Å². The van der Waals surface area contributed by atoms with Crippen LogP contribution in [-0.2, 0) is 9.84 Å². The van der Waals surface area contributed by atoms with Gasteiger partial charge in [0.25, 0.3) is 0 Å². The molecule has 0 aromatic heterocycles. The molecule has 0 unspecified atom stereocenters. The molecule has 1 aromatic carbocycles. The van der Waals surface area contributed by atoms with E-state index < -0.39 is 20.4 Å². The standard InChI is InChI=1S/C16H24FN3O3S/c1-16(2)12-20(9-11-24(16,21)22)15(18-3)19-8-10-23-14-7-5-4-6-13(14)17/h4-7H,8-12H2,1-3H3,(H,18,19). The second kappa shape index (κ2) is 7.38. The van der Waals surface area contributed by atoms with Crippen LogP contribution in [0.3, 0.4) is 0 Å². The summed E-state index contributed by atoms with van der Waals surface area (Å²) in [6.45, 7) is 4.94. The van der Waals surface area contributed by atoms with Crippen molar-refractivity contribution in [2.75, 3.05) is 39.0 Å². The minimum atomic E-state index is -3.09. The Morgan fingerprint density at radius 2 is 2.12 bits per heavy atom. The van der Waals surface area contributed by atoms with Crippen LogP contribution in [0.15, 0.2) is 29.3 Å². The van der Waals surface area contributed by atoms with Crippen LogP contribution in [0.5, 0.6) is 5.75 Å². The lowest BCUT2D eigenvalue weighted by Crippen LogP contribution is -2.57. The smallest absolute Gasteiger partial charge is 0.193 e. The zero-order valence-electron chi connectivity index (χ0n) is 14.3. The Kier molecular flexibility index (Phi) is 5.69. The van der Waals surface area contributed by atoms with Crippen LogP contribution >= 0.6 is 0 Å². The van der Waals surface area contributed by atoms with Crippen molar-refractivity contribution in [3.05, 3.63) is 30.1 Å². The molecule has 8 heteroatoms. The molecule has 0 spiro atoms. The Hall–Kier alpha value is -1.83. The van der Waals surface area contributed by atoms with E-state index in [-0.39, 0.29) is 18.1 Å². The zero-order valence-corrected chi connectivity index (χ0v) is 15.1. The number of nitrogens with one attached hydrogen (secondary N) is 1. The van der Waals surface area contributed by atoms with Gasteiger partial charge in [-0.25, -0.2) is 12.8 Å². The largest absolute Gasteiger partial charge is 0.489 e. The van der Waals surface area contributed by atoms with E-state index in [1.807, 2.05) is 4.90 Å². The number of para-hydroxylation sites is 1. The first-order chi connectivity index (χ1) is 11.3. The SMILES string of the molecule is CN=C(NCCOc1ccccc1F)N1CCS(=O)(=O)C(C)(C)C1. The molecule has 1 aliphatic heterocycles. The molecule has 1 aliphatic rings. The fourth-order valence-electron chi connectivity index (χ4n) is 2.54. The number of sulfone groups is 1. The first-order valence-corrected chi connectivity index (χ1v) is 9.47. The summed E-state index contributed by atoms with van der Waals surface area (Å²) in [6, 6.07) is 6.23. The summed E-state index contributed by atoms with van der Waals surface area (Å²) in [5.41, 5.74) is 0. The number of hydrogen-bond donors (Lipinski definition) is 1. The Balaban J connectivity index is 1.86. The fourth-order valence-corrected chi connectivity index (χ4v) is 3.91. The number of aliphatic imine (C=N–C) groups is 1. The molecule has 2 rings (SSSR count). The van der Waals surface area contributed by atoms with Gasteiger partial charge in [-0.1, -0.05) is 12.1 Å². The van der Waals surface area contributed by atoms with E-state index in [1.54, 1.807) is 39.1 Å². The lowest BCUT2D eigenvalue weighted by molar-refractivity contribution is 0.299. The van der Waals surface area contributed by atoms with Gasteiger partial charge in [-0.15, -0.1) is 0 Å². The van der Waals surface area contributed by atoms with Crippen LogP contribution < -0.4 is 10.1 Å². The van der Waals surface area contributed by atoms with Crippen molar-refractivity contribution in [1.82, 2.24) is 10.2 Å². The second-order valence-electron chi connectivity index (χ2n) is 6.25. The van der Waals surface area contributed by atoms with E-state index in [9.17, 15) is 12.8 Å². The highest BCUT2D eigenvalue weighted by Crippen LogP contribution is 2.23. The second-order valence-corrected chi connectivity index (χ2v) is 9.00. The molecule has 24 heavy (non-hydrogen) atoms. The van der Waals surface area contributed by atoms with Crippen LogP contribution in [0.1, 0.15) is 13.8 Å². The van der Waals surface area contributed by atoms with E-state index in [0.717, 1.165) is 0 Å². The highest BCUT2D eigenvalue weighted by atomic mass is 32.2. The Labute approximate surface area is 142 Å². The Bertz CT molecular complexity index is 704. The molecule has 0 aliphatic carbocycles. The van der Waals surface area contributed by atoms with Gasteiger partial charge in [0, 0.05) is 20.1 Å². The van der Waals surface area contributed by atoms with Gasteiger partial charge in [-0.2, -0.15) is 0 Å². The maximum atomic E-state index is 13.5. The summed E-state index contributed by atoms with van der Waals surface area (Å²) in [6.07, 6.45) is 0.